The van der Waals surface area contributed by atoms with E-state index in [9.17, 15) is 13.2 Å². The van der Waals surface area contributed by atoms with Gasteiger partial charge in [-0.3, -0.25) is 4.79 Å². The van der Waals surface area contributed by atoms with Gasteiger partial charge in [-0.15, -0.1) is 0 Å². The lowest BCUT2D eigenvalue weighted by Gasteiger charge is -2.33. The molecule has 1 atom stereocenters. The van der Waals surface area contributed by atoms with Crippen LogP contribution in [0.5, 0.6) is 0 Å². The first-order valence-corrected chi connectivity index (χ1v) is 8.08. The number of sulfone groups is 1. The predicted molar refractivity (Wildman–Crippen MR) is 76.6 cm³/mol. The molecule has 1 aliphatic heterocycles. The molecule has 0 aliphatic carbocycles. The summed E-state index contributed by atoms with van der Waals surface area (Å²) in [6, 6.07) is 6.93. The summed E-state index contributed by atoms with van der Waals surface area (Å²) in [6.07, 6.45) is 0. The molecule has 1 fully saturated rings. The Morgan fingerprint density at radius 1 is 1.45 bits per heavy atom. The summed E-state index contributed by atoms with van der Waals surface area (Å²) in [5.74, 6) is -0.0203. The second-order valence-corrected chi connectivity index (χ2v) is 7.56. The Morgan fingerprint density at radius 2 is 2.15 bits per heavy atom. The first kappa shape index (κ1) is 14.5. The third-order valence-electron chi connectivity index (χ3n) is 3.58. The fraction of sp³-hybridized carbons (Fsp3) is 0.429. The molecule has 1 aliphatic rings. The maximum Gasteiger partial charge on any atom is 0.161 e. The highest BCUT2D eigenvalue weighted by atomic mass is 32.2. The van der Waals surface area contributed by atoms with Crippen LogP contribution in [0.1, 0.15) is 29.8 Å². The van der Waals surface area contributed by atoms with Crippen LogP contribution in [0.2, 0.25) is 0 Å². The SMILES string of the molecule is CC(=O)c1ccc(C#N)cc1N1CCS(=O)(=O)C(C)C1. The minimum absolute atomic E-state index is 0.0717. The Kier molecular flexibility index (Phi) is 3.82. The van der Waals surface area contributed by atoms with Crippen LogP contribution in [0.25, 0.3) is 0 Å². The van der Waals surface area contributed by atoms with Crippen LogP contribution >= 0.6 is 0 Å². The lowest BCUT2D eigenvalue weighted by atomic mass is 10.0. The standard InChI is InChI=1S/C14H16N2O3S/c1-10-9-16(5-6-20(10,18)19)14-7-12(8-15)3-4-13(14)11(2)17/h3-4,7,10H,5-6,9H2,1-2H3. The third kappa shape index (κ3) is 2.68. The second kappa shape index (κ2) is 5.25. The van der Waals surface area contributed by atoms with E-state index in [4.69, 9.17) is 5.26 Å². The van der Waals surface area contributed by atoms with Gasteiger partial charge in [-0.1, -0.05) is 0 Å². The van der Waals surface area contributed by atoms with Gasteiger partial charge in [0.05, 0.1) is 22.6 Å². The van der Waals surface area contributed by atoms with Crippen LogP contribution in [-0.4, -0.2) is 38.3 Å². The van der Waals surface area contributed by atoms with Gasteiger partial charge in [0, 0.05) is 24.3 Å². The average Bonchev–Trinajstić information content (AvgIpc) is 2.41. The molecule has 1 aromatic rings. The summed E-state index contributed by atoms with van der Waals surface area (Å²) >= 11 is 0. The lowest BCUT2D eigenvalue weighted by Crippen LogP contribution is -2.46. The van der Waals surface area contributed by atoms with Gasteiger partial charge in [0.2, 0.25) is 0 Å². The smallest absolute Gasteiger partial charge is 0.161 e. The van der Waals surface area contributed by atoms with Crippen molar-refractivity contribution < 1.29 is 13.2 Å². The van der Waals surface area contributed by atoms with Crippen LogP contribution in [0, 0.1) is 11.3 Å². The fourth-order valence-electron chi connectivity index (χ4n) is 2.33. The summed E-state index contributed by atoms with van der Waals surface area (Å²) in [6.45, 7) is 3.83. The van der Waals surface area contributed by atoms with Crippen molar-refractivity contribution in [1.82, 2.24) is 0 Å². The summed E-state index contributed by atoms with van der Waals surface area (Å²) in [5.41, 5.74) is 1.64. The van der Waals surface area contributed by atoms with Crippen LogP contribution < -0.4 is 4.90 Å². The minimum Gasteiger partial charge on any atom is -0.369 e. The normalized spacial score (nSPS) is 21.2. The van der Waals surface area contributed by atoms with Crippen molar-refractivity contribution in [3.05, 3.63) is 29.3 Å². The van der Waals surface area contributed by atoms with Crippen molar-refractivity contribution >= 4 is 21.3 Å². The molecule has 0 radical (unpaired) electrons. The number of hydrogen-bond acceptors (Lipinski definition) is 5. The van der Waals surface area contributed by atoms with Crippen LogP contribution in [0.15, 0.2) is 18.2 Å². The molecule has 2 rings (SSSR count). The molecule has 20 heavy (non-hydrogen) atoms. The molecule has 0 saturated carbocycles. The van der Waals surface area contributed by atoms with Gasteiger partial charge >= 0.3 is 0 Å². The number of benzene rings is 1. The summed E-state index contributed by atoms with van der Waals surface area (Å²) in [4.78, 5) is 13.6. The molecule has 0 N–H and O–H groups in total. The van der Waals surface area contributed by atoms with Crippen LogP contribution in [0.4, 0.5) is 5.69 Å². The second-order valence-electron chi connectivity index (χ2n) is 5.02. The molecular weight excluding hydrogens is 276 g/mol. The monoisotopic (exact) mass is 292 g/mol. The van der Waals surface area contributed by atoms with Crippen LogP contribution in [-0.2, 0) is 9.84 Å². The van der Waals surface area contributed by atoms with Gasteiger partial charge < -0.3 is 4.90 Å². The number of carbonyl (C=O) groups excluding carboxylic acids is 1. The van der Waals surface area contributed by atoms with E-state index in [0.29, 0.717) is 29.9 Å². The number of anilines is 1. The van der Waals surface area contributed by atoms with E-state index in [-0.39, 0.29) is 11.5 Å². The summed E-state index contributed by atoms with van der Waals surface area (Å²) in [5, 5.41) is 8.51. The van der Waals surface area contributed by atoms with Gasteiger partial charge in [0.15, 0.2) is 15.6 Å². The first-order chi connectivity index (χ1) is 9.35. The van der Waals surface area contributed by atoms with Gasteiger partial charge in [-0.25, -0.2) is 8.42 Å². The number of nitrogens with zero attached hydrogens (tertiary/aromatic N) is 2. The molecule has 6 heteroatoms. The highest BCUT2D eigenvalue weighted by Crippen LogP contribution is 2.26. The molecule has 1 heterocycles. The van der Waals surface area contributed by atoms with E-state index in [1.165, 1.54) is 6.92 Å². The van der Waals surface area contributed by atoms with Crippen molar-refractivity contribution in [1.29, 1.82) is 5.26 Å². The van der Waals surface area contributed by atoms with E-state index in [1.807, 2.05) is 11.0 Å². The number of hydrogen-bond donors (Lipinski definition) is 0. The Balaban J connectivity index is 2.42. The van der Waals surface area contributed by atoms with Crippen molar-refractivity contribution in [2.75, 3.05) is 23.7 Å². The first-order valence-electron chi connectivity index (χ1n) is 6.37. The maximum absolute atomic E-state index is 11.8. The molecule has 1 aromatic carbocycles. The average molecular weight is 292 g/mol. The van der Waals surface area contributed by atoms with Crippen molar-refractivity contribution in [2.45, 2.75) is 19.1 Å². The predicted octanol–water partition coefficient (Wildman–Crippen LogP) is 1.38. The molecule has 5 nitrogen and oxygen atoms in total. The largest absolute Gasteiger partial charge is 0.369 e. The highest BCUT2D eigenvalue weighted by Gasteiger charge is 2.30. The number of nitriles is 1. The van der Waals surface area contributed by atoms with E-state index in [0.717, 1.165) is 0 Å². The topological polar surface area (TPSA) is 78.2 Å². The van der Waals surface area contributed by atoms with Crippen molar-refractivity contribution in [3.8, 4) is 6.07 Å². The van der Waals surface area contributed by atoms with E-state index in [2.05, 4.69) is 0 Å². The third-order valence-corrected chi connectivity index (χ3v) is 5.71. The lowest BCUT2D eigenvalue weighted by molar-refractivity contribution is 0.101. The molecule has 0 amide bonds. The number of carbonyl (C=O) groups is 1. The molecule has 0 aromatic heterocycles. The summed E-state index contributed by atoms with van der Waals surface area (Å²) in [7, 11) is -3.04. The quantitative estimate of drug-likeness (QED) is 0.770. The number of ketones is 1. The molecule has 1 saturated heterocycles. The van der Waals surface area contributed by atoms with Gasteiger partial charge in [-0.2, -0.15) is 5.26 Å². The van der Waals surface area contributed by atoms with Crippen molar-refractivity contribution in [3.63, 3.8) is 0 Å². The molecule has 106 valence electrons. The zero-order chi connectivity index (χ0) is 14.9. The Hall–Kier alpha value is -1.87. The van der Waals surface area contributed by atoms with E-state index < -0.39 is 15.1 Å². The molecule has 0 bridgehead atoms. The Bertz CT molecular complexity index is 689. The Morgan fingerprint density at radius 3 is 2.70 bits per heavy atom. The van der Waals surface area contributed by atoms with Gasteiger partial charge in [-0.05, 0) is 32.0 Å². The zero-order valence-corrected chi connectivity index (χ0v) is 12.3. The van der Waals surface area contributed by atoms with Crippen molar-refractivity contribution in [2.24, 2.45) is 0 Å². The molecule has 1 unspecified atom stereocenters. The Labute approximate surface area is 118 Å². The number of rotatable bonds is 2. The van der Waals surface area contributed by atoms with Gasteiger partial charge in [0.1, 0.15) is 0 Å². The maximum atomic E-state index is 11.8. The van der Waals surface area contributed by atoms with Gasteiger partial charge in [0.25, 0.3) is 0 Å². The molecule has 0 spiro atoms. The fourth-order valence-corrected chi connectivity index (χ4v) is 3.62. The highest BCUT2D eigenvalue weighted by molar-refractivity contribution is 7.92. The summed E-state index contributed by atoms with van der Waals surface area (Å²) < 4.78 is 23.5. The van der Waals surface area contributed by atoms with E-state index in [1.54, 1.807) is 25.1 Å². The molecular formula is C14H16N2O3S. The minimum atomic E-state index is -3.04. The van der Waals surface area contributed by atoms with E-state index >= 15 is 0 Å². The zero-order valence-electron chi connectivity index (χ0n) is 11.5. The van der Waals surface area contributed by atoms with Crippen LogP contribution in [0.3, 0.4) is 0 Å². The number of Topliss-reactive ketones (excluding diaryl/α,β-unsaturated/α-hetero) is 1.